The van der Waals surface area contributed by atoms with E-state index in [2.05, 4.69) is 26.0 Å². The summed E-state index contributed by atoms with van der Waals surface area (Å²) in [6, 6.07) is 0. The number of aliphatic hydroxyl groups is 4. The van der Waals surface area contributed by atoms with Gasteiger partial charge in [-0.2, -0.15) is 0 Å². The fourth-order valence-electron chi connectivity index (χ4n) is 9.20. The number of aliphatic hydroxyl groups excluding tert-OH is 4. The third-order valence-electron chi connectivity index (χ3n) is 13.7. The Labute approximate surface area is 407 Å². The number of allylic oxidation sites excluding steroid dienone is 2. The van der Waals surface area contributed by atoms with E-state index in [1.54, 1.807) is 0 Å². The van der Waals surface area contributed by atoms with Gasteiger partial charge in [0.05, 0.1) is 19.8 Å². The van der Waals surface area contributed by atoms with Gasteiger partial charge in [-0.25, -0.2) is 0 Å². The minimum Gasteiger partial charge on any atom is -0.457 e. The topological polar surface area (TPSA) is 135 Å². The van der Waals surface area contributed by atoms with Crippen LogP contribution < -0.4 is 0 Å². The Morgan fingerprint density at radius 1 is 0.470 bits per heavy atom. The van der Waals surface area contributed by atoms with Crippen molar-refractivity contribution in [3.05, 3.63) is 12.2 Å². The fraction of sp³-hybridized carbons (Fsp3) is 0.947. The summed E-state index contributed by atoms with van der Waals surface area (Å²) in [5, 5.41) is 40.3. The second kappa shape index (κ2) is 48.9. The van der Waals surface area contributed by atoms with E-state index in [0.29, 0.717) is 13.0 Å². The molecule has 0 saturated carbocycles. The summed E-state index contributed by atoms with van der Waals surface area (Å²) in [5.74, 6) is -0.308. The molecule has 392 valence electrons. The lowest BCUT2D eigenvalue weighted by Crippen LogP contribution is -2.59. The maximum atomic E-state index is 12.9. The summed E-state index contributed by atoms with van der Waals surface area (Å²) >= 11 is 0. The normalized spacial score (nSPS) is 19.3. The first-order chi connectivity index (χ1) is 32.4. The molecule has 0 aliphatic carbocycles. The highest BCUT2D eigenvalue weighted by molar-refractivity contribution is 5.69. The van der Waals surface area contributed by atoms with Gasteiger partial charge in [0.15, 0.2) is 6.29 Å². The van der Waals surface area contributed by atoms with Crippen LogP contribution in [0.15, 0.2) is 12.2 Å². The van der Waals surface area contributed by atoms with Crippen molar-refractivity contribution in [3.63, 3.8) is 0 Å². The van der Waals surface area contributed by atoms with Gasteiger partial charge in [0, 0.05) is 13.0 Å². The number of hydrogen-bond donors (Lipinski definition) is 4. The van der Waals surface area contributed by atoms with Crippen molar-refractivity contribution in [3.8, 4) is 0 Å². The minimum absolute atomic E-state index is 0.108. The number of unbranched alkanes of at least 4 members (excludes halogenated alkanes) is 38. The van der Waals surface area contributed by atoms with Crippen molar-refractivity contribution in [2.24, 2.45) is 0 Å². The summed E-state index contributed by atoms with van der Waals surface area (Å²) in [4.78, 5) is 12.9. The molecule has 6 atom stereocenters. The molecule has 1 aliphatic heterocycles. The molecule has 9 nitrogen and oxygen atoms in total. The zero-order valence-electron chi connectivity index (χ0n) is 43.5. The number of rotatable bonds is 51. The molecule has 0 radical (unpaired) electrons. The highest BCUT2D eigenvalue weighted by Gasteiger charge is 2.44. The van der Waals surface area contributed by atoms with Gasteiger partial charge in [-0.15, -0.1) is 0 Å². The van der Waals surface area contributed by atoms with E-state index in [1.807, 2.05) is 0 Å². The zero-order valence-corrected chi connectivity index (χ0v) is 43.5. The van der Waals surface area contributed by atoms with Crippen LogP contribution in [-0.2, 0) is 23.7 Å². The van der Waals surface area contributed by atoms with Crippen molar-refractivity contribution >= 4 is 5.97 Å². The largest absolute Gasteiger partial charge is 0.457 e. The van der Waals surface area contributed by atoms with Gasteiger partial charge < -0.3 is 39.4 Å². The second-order valence-electron chi connectivity index (χ2n) is 20.1. The van der Waals surface area contributed by atoms with Gasteiger partial charge in [-0.1, -0.05) is 251 Å². The fourth-order valence-corrected chi connectivity index (χ4v) is 9.20. The Morgan fingerprint density at radius 2 is 0.833 bits per heavy atom. The average molecular weight is 939 g/mol. The molecule has 0 aromatic carbocycles. The SMILES string of the molecule is CCCCCCCC/C=C\CCCCCCCCCCCC(=O)OC(COCCCCCCCCCCCCCCCCCCCCCCCCCC)COC1OC(CO)C(O)C(O)C1O. The average Bonchev–Trinajstić information content (AvgIpc) is 3.32. The highest BCUT2D eigenvalue weighted by atomic mass is 16.7. The Balaban J connectivity index is 2.13. The summed E-state index contributed by atoms with van der Waals surface area (Å²) in [7, 11) is 0. The third kappa shape index (κ3) is 38.7. The molecule has 0 aromatic rings. The molecular weight excluding hydrogens is 829 g/mol. The Morgan fingerprint density at radius 3 is 1.23 bits per heavy atom. The third-order valence-corrected chi connectivity index (χ3v) is 13.7. The van der Waals surface area contributed by atoms with E-state index in [9.17, 15) is 25.2 Å². The van der Waals surface area contributed by atoms with E-state index in [1.165, 1.54) is 231 Å². The molecule has 66 heavy (non-hydrogen) atoms. The van der Waals surface area contributed by atoms with E-state index in [4.69, 9.17) is 18.9 Å². The van der Waals surface area contributed by atoms with Crippen molar-refractivity contribution < 1.29 is 44.2 Å². The molecular formula is C57H110O9. The predicted octanol–water partition coefficient (Wildman–Crippen LogP) is 14.7. The lowest BCUT2D eigenvalue weighted by Gasteiger charge is -2.39. The van der Waals surface area contributed by atoms with Crippen LogP contribution in [0.3, 0.4) is 0 Å². The van der Waals surface area contributed by atoms with E-state index in [0.717, 1.165) is 32.1 Å². The van der Waals surface area contributed by atoms with E-state index >= 15 is 0 Å². The molecule has 4 N–H and O–H groups in total. The van der Waals surface area contributed by atoms with Crippen LogP contribution in [0.1, 0.15) is 284 Å². The molecule has 1 fully saturated rings. The lowest BCUT2D eigenvalue weighted by molar-refractivity contribution is -0.305. The number of esters is 1. The first-order valence-electron chi connectivity index (χ1n) is 28.8. The summed E-state index contributed by atoms with van der Waals surface area (Å²) < 4.78 is 23.0. The van der Waals surface area contributed by atoms with Gasteiger partial charge in [0.2, 0.25) is 0 Å². The van der Waals surface area contributed by atoms with Gasteiger partial charge in [-0.3, -0.25) is 4.79 Å². The van der Waals surface area contributed by atoms with Crippen LogP contribution in [0.5, 0.6) is 0 Å². The Bertz CT molecular complexity index is 1020. The maximum absolute atomic E-state index is 12.9. The number of hydrogen-bond acceptors (Lipinski definition) is 9. The standard InChI is InChI=1S/C57H110O9/c1-3-5-7-9-11-13-15-17-19-21-23-24-25-26-27-29-31-33-35-37-39-41-43-45-47-63-49-51(50-64-57-56(62)55(61)54(60)52(48-58)66-57)65-53(59)46-44-42-40-38-36-34-32-30-28-22-20-18-16-14-12-10-8-6-4-2/h18,20,51-52,54-58,60-62H,3-17,19,21-50H2,1-2H3/b20-18-. The summed E-state index contributed by atoms with van der Waals surface area (Å²) in [5.41, 5.74) is 0. The molecule has 1 aliphatic rings. The molecule has 6 unspecified atom stereocenters. The van der Waals surface area contributed by atoms with Crippen LogP contribution in [0.2, 0.25) is 0 Å². The highest BCUT2D eigenvalue weighted by Crippen LogP contribution is 2.23. The number of carbonyl (C=O) groups is 1. The molecule has 0 amide bonds. The summed E-state index contributed by atoms with van der Waals surface area (Å²) in [6.07, 6.45) is 51.2. The van der Waals surface area contributed by atoms with Crippen molar-refractivity contribution in [2.45, 2.75) is 320 Å². The van der Waals surface area contributed by atoms with Gasteiger partial charge in [0.25, 0.3) is 0 Å². The molecule has 0 bridgehead atoms. The smallest absolute Gasteiger partial charge is 0.306 e. The van der Waals surface area contributed by atoms with Crippen molar-refractivity contribution in [2.75, 3.05) is 26.4 Å². The molecule has 0 spiro atoms. The van der Waals surface area contributed by atoms with Gasteiger partial charge >= 0.3 is 5.97 Å². The van der Waals surface area contributed by atoms with Crippen LogP contribution >= 0.6 is 0 Å². The molecule has 1 rings (SSSR count). The van der Waals surface area contributed by atoms with E-state index < -0.39 is 43.4 Å². The minimum atomic E-state index is -1.53. The molecule has 1 heterocycles. The first kappa shape index (κ1) is 62.9. The monoisotopic (exact) mass is 939 g/mol. The van der Waals surface area contributed by atoms with Crippen LogP contribution in [0.4, 0.5) is 0 Å². The summed E-state index contributed by atoms with van der Waals surface area (Å²) in [6.45, 7) is 4.62. The number of ether oxygens (including phenoxy) is 4. The van der Waals surface area contributed by atoms with Crippen molar-refractivity contribution in [1.29, 1.82) is 0 Å². The van der Waals surface area contributed by atoms with Crippen LogP contribution in [0.25, 0.3) is 0 Å². The quantitative estimate of drug-likeness (QED) is 0.0267. The maximum Gasteiger partial charge on any atom is 0.306 e. The van der Waals surface area contributed by atoms with Gasteiger partial charge in [-0.05, 0) is 38.5 Å². The van der Waals surface area contributed by atoms with Crippen LogP contribution in [0, 0.1) is 0 Å². The second-order valence-corrected chi connectivity index (χ2v) is 20.1. The predicted molar refractivity (Wildman–Crippen MR) is 275 cm³/mol. The Hall–Kier alpha value is -1.07. The zero-order chi connectivity index (χ0) is 47.8. The Kier molecular flexibility index (Phi) is 46.7. The van der Waals surface area contributed by atoms with E-state index in [-0.39, 0.29) is 19.2 Å². The van der Waals surface area contributed by atoms with Crippen LogP contribution in [-0.4, -0.2) is 89.6 Å². The lowest BCUT2D eigenvalue weighted by atomic mass is 9.99. The first-order valence-corrected chi connectivity index (χ1v) is 28.8. The molecule has 0 aromatic heterocycles. The molecule has 9 heteroatoms. The van der Waals surface area contributed by atoms with Gasteiger partial charge in [0.1, 0.15) is 30.5 Å². The number of carbonyl (C=O) groups excluding carboxylic acids is 1. The molecule has 1 saturated heterocycles. The van der Waals surface area contributed by atoms with Crippen molar-refractivity contribution in [1.82, 2.24) is 0 Å².